The summed E-state index contributed by atoms with van der Waals surface area (Å²) in [4.78, 5) is 10.5. The van der Waals surface area contributed by atoms with E-state index in [0.29, 0.717) is 5.56 Å². The van der Waals surface area contributed by atoms with Crippen molar-refractivity contribution in [2.24, 2.45) is 5.73 Å². The van der Waals surface area contributed by atoms with E-state index in [2.05, 4.69) is 0 Å². The van der Waals surface area contributed by atoms with Gasteiger partial charge >= 0.3 is 6.03 Å². The molecule has 0 saturated carbocycles. The van der Waals surface area contributed by atoms with Crippen molar-refractivity contribution in [3.8, 4) is 0 Å². The van der Waals surface area contributed by atoms with Crippen LogP contribution in [-0.4, -0.2) is 18.9 Å². The summed E-state index contributed by atoms with van der Waals surface area (Å²) >= 11 is 0. The van der Waals surface area contributed by atoms with Crippen LogP contribution < -0.4 is 11.2 Å². The molecule has 1 fully saturated rings. The molecule has 2 amide bonds. The van der Waals surface area contributed by atoms with Gasteiger partial charge in [0.05, 0.1) is 0 Å². The number of nitrogens with two attached hydrogens (primary N) is 1. The average molecular weight is 227 g/mol. The Balaban J connectivity index is 2.24. The first-order valence-corrected chi connectivity index (χ1v) is 5.68. The summed E-state index contributed by atoms with van der Waals surface area (Å²) in [6.07, 6.45) is 0. The third kappa shape index (κ3) is 1.66. The zero-order valence-corrected chi connectivity index (χ0v) is 8.44. The maximum atomic E-state index is 11.4. The van der Waals surface area contributed by atoms with E-state index < -0.39 is 21.4 Å². The van der Waals surface area contributed by atoms with Crippen LogP contribution in [0.15, 0.2) is 30.3 Å². The lowest BCUT2D eigenvalue weighted by Gasteiger charge is -1.97. The quantitative estimate of drug-likeness (QED) is 0.692. The molecule has 2 unspecified atom stereocenters. The summed E-state index contributed by atoms with van der Waals surface area (Å²) in [7, 11) is -3.42. The lowest BCUT2D eigenvalue weighted by molar-refractivity contribution is 0.236. The first kappa shape index (κ1) is 9.94. The molecule has 1 aromatic rings. The molecular formula is C8H9N3O3S. The minimum atomic E-state index is -3.42. The molecule has 1 aromatic carbocycles. The lowest BCUT2D eigenvalue weighted by Crippen LogP contribution is -2.34. The number of rotatable bonds is 2. The second kappa shape index (κ2) is 3.21. The number of hydrazine groups is 1. The number of primary amides is 1. The van der Waals surface area contributed by atoms with Gasteiger partial charge in [-0.15, -0.1) is 0 Å². The van der Waals surface area contributed by atoms with Gasteiger partial charge in [-0.05, 0) is 5.56 Å². The van der Waals surface area contributed by atoms with Crippen LogP contribution in [0.4, 0.5) is 4.79 Å². The van der Waals surface area contributed by atoms with E-state index in [1.165, 1.54) is 0 Å². The van der Waals surface area contributed by atoms with Crippen molar-refractivity contribution in [1.82, 2.24) is 9.84 Å². The first-order valence-electron chi connectivity index (χ1n) is 4.18. The molecule has 0 aromatic heterocycles. The van der Waals surface area contributed by atoms with Gasteiger partial charge in [0.1, 0.15) is 0 Å². The van der Waals surface area contributed by atoms with Gasteiger partial charge in [0.25, 0.3) is 10.0 Å². The van der Waals surface area contributed by atoms with E-state index in [1.54, 1.807) is 30.3 Å². The van der Waals surface area contributed by atoms with Crippen molar-refractivity contribution >= 4 is 16.1 Å². The largest absolute Gasteiger partial charge is 0.351 e. The molecule has 15 heavy (non-hydrogen) atoms. The number of hydrogen-bond donors (Lipinski definition) is 2. The van der Waals surface area contributed by atoms with E-state index in [-0.39, 0.29) is 0 Å². The highest BCUT2D eigenvalue weighted by molar-refractivity contribution is 7.95. The Labute approximate surface area is 86.7 Å². The average Bonchev–Trinajstić information content (AvgIpc) is 2.68. The monoisotopic (exact) mass is 227 g/mol. The molecule has 1 heterocycles. The summed E-state index contributed by atoms with van der Waals surface area (Å²) in [5.74, 6) is 0. The molecule has 1 saturated heterocycles. The van der Waals surface area contributed by atoms with Crippen molar-refractivity contribution in [3.63, 3.8) is 0 Å². The van der Waals surface area contributed by atoms with Crippen LogP contribution in [-0.2, 0) is 10.0 Å². The van der Waals surface area contributed by atoms with Crippen LogP contribution in [0.3, 0.4) is 0 Å². The molecule has 1 aliphatic rings. The molecule has 3 N–H and O–H groups in total. The summed E-state index contributed by atoms with van der Waals surface area (Å²) in [6, 6.07) is 7.69. The normalized spacial score (nSPS) is 26.9. The summed E-state index contributed by atoms with van der Waals surface area (Å²) < 4.78 is 23.6. The highest BCUT2D eigenvalue weighted by atomic mass is 32.2. The second-order valence-electron chi connectivity index (χ2n) is 3.08. The van der Waals surface area contributed by atoms with Crippen LogP contribution in [0.1, 0.15) is 10.9 Å². The van der Waals surface area contributed by atoms with E-state index in [1.807, 2.05) is 5.43 Å². The second-order valence-corrected chi connectivity index (χ2v) is 4.95. The standard InChI is InChI=1S/C8H9N3O3S/c9-8(12)10-11-7(15(11,13)14)6-4-2-1-3-5-6/h1-5,7H,(H3,9,10,12). The van der Waals surface area contributed by atoms with Crippen LogP contribution in [0, 0.1) is 0 Å². The Morgan fingerprint density at radius 2 is 1.93 bits per heavy atom. The molecule has 1 aliphatic heterocycles. The lowest BCUT2D eigenvalue weighted by atomic mass is 10.2. The Kier molecular flexibility index (Phi) is 2.13. The number of sulfonamides is 1. The van der Waals surface area contributed by atoms with Gasteiger partial charge in [-0.1, -0.05) is 34.7 Å². The van der Waals surface area contributed by atoms with Gasteiger partial charge in [-0.3, -0.25) is 5.43 Å². The van der Waals surface area contributed by atoms with Gasteiger partial charge in [-0.25, -0.2) is 13.2 Å². The Morgan fingerprint density at radius 3 is 2.47 bits per heavy atom. The fourth-order valence-electron chi connectivity index (χ4n) is 1.36. The molecule has 6 nitrogen and oxygen atoms in total. The summed E-state index contributed by atoms with van der Waals surface area (Å²) in [6.45, 7) is 0. The first-order chi connectivity index (χ1) is 7.03. The minimum absolute atomic E-state index is 0.603. The molecule has 2 atom stereocenters. The predicted molar refractivity (Wildman–Crippen MR) is 52.7 cm³/mol. The van der Waals surface area contributed by atoms with Gasteiger partial charge in [0.15, 0.2) is 5.37 Å². The molecular weight excluding hydrogens is 218 g/mol. The highest BCUT2D eigenvalue weighted by Crippen LogP contribution is 2.42. The molecule has 0 radical (unpaired) electrons. The maximum absolute atomic E-state index is 11.4. The Hall–Kier alpha value is -1.60. The predicted octanol–water partition coefficient (Wildman–Crippen LogP) is -0.0861. The van der Waals surface area contributed by atoms with E-state index in [0.717, 1.165) is 4.41 Å². The fourth-order valence-corrected chi connectivity index (χ4v) is 2.86. The van der Waals surface area contributed by atoms with Gasteiger partial charge < -0.3 is 5.73 Å². The zero-order valence-electron chi connectivity index (χ0n) is 7.62. The SMILES string of the molecule is NC(=O)NN1C(c2ccccc2)S1(=O)=O. The molecule has 0 spiro atoms. The fraction of sp³-hybridized carbons (Fsp3) is 0.125. The van der Waals surface area contributed by atoms with Crippen molar-refractivity contribution in [2.45, 2.75) is 5.37 Å². The van der Waals surface area contributed by atoms with Gasteiger partial charge in [0.2, 0.25) is 0 Å². The van der Waals surface area contributed by atoms with Crippen LogP contribution in [0.25, 0.3) is 0 Å². The van der Waals surface area contributed by atoms with Crippen molar-refractivity contribution in [2.75, 3.05) is 0 Å². The van der Waals surface area contributed by atoms with Gasteiger partial charge in [-0.2, -0.15) is 0 Å². The number of nitrogens with zero attached hydrogens (tertiary/aromatic N) is 1. The summed E-state index contributed by atoms with van der Waals surface area (Å²) in [5, 5.41) is -0.814. The van der Waals surface area contributed by atoms with Gasteiger partial charge in [0, 0.05) is 0 Å². The third-order valence-corrected chi connectivity index (χ3v) is 3.71. The number of benzene rings is 1. The van der Waals surface area contributed by atoms with Crippen molar-refractivity contribution in [1.29, 1.82) is 0 Å². The number of amides is 2. The van der Waals surface area contributed by atoms with Crippen molar-refractivity contribution in [3.05, 3.63) is 35.9 Å². The third-order valence-electron chi connectivity index (χ3n) is 2.03. The maximum Gasteiger partial charge on any atom is 0.327 e. The summed E-state index contributed by atoms with van der Waals surface area (Å²) in [5.41, 5.74) is 7.48. The van der Waals surface area contributed by atoms with Crippen molar-refractivity contribution < 1.29 is 13.2 Å². The van der Waals surface area contributed by atoms with Crippen LogP contribution in [0.5, 0.6) is 0 Å². The molecule has 0 bridgehead atoms. The number of carbonyl (C=O) groups is 1. The number of urea groups is 1. The topological polar surface area (TPSA) is 92.3 Å². The van der Waals surface area contributed by atoms with Crippen LogP contribution >= 0.6 is 0 Å². The molecule has 0 aliphatic carbocycles. The molecule has 2 rings (SSSR count). The number of carbonyl (C=O) groups excluding carboxylic acids is 1. The smallest absolute Gasteiger partial charge is 0.327 e. The highest BCUT2D eigenvalue weighted by Gasteiger charge is 2.57. The van der Waals surface area contributed by atoms with E-state index >= 15 is 0 Å². The molecule has 80 valence electrons. The van der Waals surface area contributed by atoms with Crippen LogP contribution in [0.2, 0.25) is 0 Å². The number of hydrogen-bond acceptors (Lipinski definition) is 3. The Morgan fingerprint density at radius 1 is 1.33 bits per heavy atom. The number of nitrogens with one attached hydrogen (secondary N) is 1. The molecule has 7 heteroatoms. The minimum Gasteiger partial charge on any atom is -0.351 e. The Bertz CT molecular complexity index is 485. The van der Waals surface area contributed by atoms with E-state index in [9.17, 15) is 13.2 Å². The zero-order chi connectivity index (χ0) is 11.1. The van der Waals surface area contributed by atoms with E-state index in [4.69, 9.17) is 5.73 Å².